The summed E-state index contributed by atoms with van der Waals surface area (Å²) in [6, 6.07) is 0. The van der Waals surface area contributed by atoms with E-state index in [-0.39, 0.29) is 32.6 Å². The first-order valence-corrected chi connectivity index (χ1v) is 18.7. The lowest BCUT2D eigenvalue weighted by atomic mass is 10.1. The molecule has 0 fully saturated rings. The fraction of sp³-hybridized carbons (Fsp3) is 0.879. The maximum atomic E-state index is 12.4. The van der Waals surface area contributed by atoms with Crippen molar-refractivity contribution < 1.29 is 37.6 Å². The van der Waals surface area contributed by atoms with E-state index < -0.39 is 32.5 Å². The van der Waals surface area contributed by atoms with Crippen molar-refractivity contribution in [2.75, 3.05) is 26.4 Å². The van der Waals surface area contributed by atoms with Crippen molar-refractivity contribution in [2.24, 2.45) is 5.73 Å². The quantitative estimate of drug-likeness (QED) is 0.0323. The monoisotopic (exact) mass is 633 g/mol. The Hall–Kier alpha value is -1.25. The number of ether oxygens (including phenoxy) is 2. The maximum absolute atomic E-state index is 12.4. The Kier molecular flexibility index (Phi) is 29.9. The van der Waals surface area contributed by atoms with E-state index in [1.165, 1.54) is 70.6 Å². The van der Waals surface area contributed by atoms with Crippen LogP contribution < -0.4 is 5.73 Å². The smallest absolute Gasteiger partial charge is 0.462 e. The van der Waals surface area contributed by atoms with Crippen LogP contribution in [-0.4, -0.2) is 49.3 Å². The van der Waals surface area contributed by atoms with Crippen LogP contribution in [0.15, 0.2) is 12.2 Å². The lowest BCUT2D eigenvalue weighted by Gasteiger charge is -2.19. The predicted octanol–water partition coefficient (Wildman–Crippen LogP) is 8.71. The van der Waals surface area contributed by atoms with E-state index in [1.54, 1.807) is 0 Å². The third-order valence-corrected chi connectivity index (χ3v) is 8.14. The summed E-state index contributed by atoms with van der Waals surface area (Å²) in [6.07, 6.45) is 26.9. The van der Waals surface area contributed by atoms with Gasteiger partial charge in [-0.2, -0.15) is 0 Å². The summed E-state index contributed by atoms with van der Waals surface area (Å²) in [6.45, 7) is 3.65. The molecule has 0 rings (SSSR count). The molecule has 0 heterocycles. The van der Waals surface area contributed by atoms with Crippen LogP contribution in [0.3, 0.4) is 0 Å². The van der Waals surface area contributed by atoms with Gasteiger partial charge in [0.25, 0.3) is 0 Å². The summed E-state index contributed by atoms with van der Waals surface area (Å²) >= 11 is 0. The zero-order chi connectivity index (χ0) is 31.9. The fourth-order valence-electron chi connectivity index (χ4n) is 4.57. The minimum atomic E-state index is -4.36. The van der Waals surface area contributed by atoms with Gasteiger partial charge in [-0.05, 0) is 38.5 Å². The lowest BCUT2D eigenvalue weighted by Crippen LogP contribution is -2.29. The lowest BCUT2D eigenvalue weighted by molar-refractivity contribution is -0.161. The SMILES string of the molecule is CCCCCCCC/C=C\CCCCCCCC(=O)O[C@@H](COC(=O)CCCCCCCCC)COP(=O)(O)OCCN. The summed E-state index contributed by atoms with van der Waals surface area (Å²) < 4.78 is 32.4. The molecule has 0 amide bonds. The molecule has 254 valence electrons. The van der Waals surface area contributed by atoms with Crippen LogP contribution in [0.5, 0.6) is 0 Å². The molecule has 0 aliphatic rings. The number of phosphoric ester groups is 1. The van der Waals surface area contributed by atoms with E-state index in [1.807, 2.05) is 0 Å². The van der Waals surface area contributed by atoms with Gasteiger partial charge in [0.05, 0.1) is 13.2 Å². The van der Waals surface area contributed by atoms with Crippen molar-refractivity contribution in [1.29, 1.82) is 0 Å². The second-order valence-corrected chi connectivity index (χ2v) is 12.8. The Morgan fingerprint density at radius 2 is 1.14 bits per heavy atom. The van der Waals surface area contributed by atoms with Gasteiger partial charge in [-0.1, -0.05) is 116 Å². The molecule has 10 heteroatoms. The molecule has 2 atom stereocenters. The molecule has 0 bridgehead atoms. The van der Waals surface area contributed by atoms with Crippen molar-refractivity contribution in [3.8, 4) is 0 Å². The molecule has 0 radical (unpaired) electrons. The van der Waals surface area contributed by atoms with Crippen LogP contribution in [0.4, 0.5) is 0 Å². The molecule has 0 aliphatic heterocycles. The molecular formula is C33H64NO8P. The molecule has 0 aliphatic carbocycles. The fourth-order valence-corrected chi connectivity index (χ4v) is 5.33. The summed E-state index contributed by atoms with van der Waals surface area (Å²) in [4.78, 5) is 34.4. The first-order valence-electron chi connectivity index (χ1n) is 17.2. The first-order chi connectivity index (χ1) is 20.8. The summed E-state index contributed by atoms with van der Waals surface area (Å²) in [5, 5.41) is 0. The van der Waals surface area contributed by atoms with Gasteiger partial charge in [-0.15, -0.1) is 0 Å². The number of carbonyl (C=O) groups excluding carboxylic acids is 2. The Balaban J connectivity index is 4.24. The average molecular weight is 634 g/mol. The minimum Gasteiger partial charge on any atom is -0.462 e. The second kappa shape index (κ2) is 30.8. The van der Waals surface area contributed by atoms with Gasteiger partial charge in [-0.25, -0.2) is 4.57 Å². The van der Waals surface area contributed by atoms with Crippen LogP contribution in [0.1, 0.15) is 155 Å². The normalized spacial score (nSPS) is 13.7. The highest BCUT2D eigenvalue weighted by Crippen LogP contribution is 2.43. The molecule has 0 aromatic rings. The van der Waals surface area contributed by atoms with E-state index in [0.29, 0.717) is 6.42 Å². The number of phosphoric acid groups is 1. The molecule has 0 saturated heterocycles. The highest BCUT2D eigenvalue weighted by atomic mass is 31.2. The number of nitrogens with two attached hydrogens (primary N) is 1. The average Bonchev–Trinajstić information content (AvgIpc) is 2.99. The maximum Gasteiger partial charge on any atom is 0.472 e. The third kappa shape index (κ3) is 30.6. The Morgan fingerprint density at radius 1 is 0.674 bits per heavy atom. The molecule has 0 aromatic carbocycles. The van der Waals surface area contributed by atoms with Crippen molar-refractivity contribution in [2.45, 2.75) is 161 Å². The Morgan fingerprint density at radius 3 is 1.65 bits per heavy atom. The van der Waals surface area contributed by atoms with Crippen molar-refractivity contribution in [1.82, 2.24) is 0 Å². The molecule has 43 heavy (non-hydrogen) atoms. The topological polar surface area (TPSA) is 134 Å². The van der Waals surface area contributed by atoms with Gasteiger partial charge in [-0.3, -0.25) is 18.6 Å². The molecule has 0 saturated carbocycles. The largest absolute Gasteiger partial charge is 0.472 e. The van der Waals surface area contributed by atoms with Crippen LogP contribution in [0.25, 0.3) is 0 Å². The summed E-state index contributed by atoms with van der Waals surface area (Å²) in [7, 11) is -4.36. The highest BCUT2D eigenvalue weighted by molar-refractivity contribution is 7.47. The zero-order valence-electron chi connectivity index (χ0n) is 27.4. The van der Waals surface area contributed by atoms with E-state index in [2.05, 4.69) is 26.0 Å². The number of hydrogen-bond donors (Lipinski definition) is 2. The molecule has 3 N–H and O–H groups in total. The van der Waals surface area contributed by atoms with E-state index in [0.717, 1.165) is 51.4 Å². The van der Waals surface area contributed by atoms with Gasteiger partial charge in [0, 0.05) is 19.4 Å². The zero-order valence-corrected chi connectivity index (χ0v) is 28.3. The third-order valence-electron chi connectivity index (χ3n) is 7.15. The molecular weight excluding hydrogens is 569 g/mol. The summed E-state index contributed by atoms with van der Waals surface area (Å²) in [5.41, 5.74) is 5.31. The van der Waals surface area contributed by atoms with Gasteiger partial charge >= 0.3 is 19.8 Å². The van der Waals surface area contributed by atoms with Crippen LogP contribution in [0, 0.1) is 0 Å². The van der Waals surface area contributed by atoms with Crippen LogP contribution >= 0.6 is 7.82 Å². The van der Waals surface area contributed by atoms with Crippen LogP contribution in [-0.2, 0) is 32.7 Å². The Bertz CT molecular complexity index is 734. The number of allylic oxidation sites excluding steroid dienone is 2. The first kappa shape index (κ1) is 41.8. The van der Waals surface area contributed by atoms with Crippen molar-refractivity contribution in [3.05, 3.63) is 12.2 Å². The number of hydrogen-bond acceptors (Lipinski definition) is 8. The Labute approximate surface area is 262 Å². The molecule has 1 unspecified atom stereocenters. The van der Waals surface area contributed by atoms with Crippen molar-refractivity contribution in [3.63, 3.8) is 0 Å². The number of rotatable bonds is 32. The van der Waals surface area contributed by atoms with Crippen LogP contribution in [0.2, 0.25) is 0 Å². The molecule has 9 nitrogen and oxygen atoms in total. The second-order valence-electron chi connectivity index (χ2n) is 11.4. The number of unbranched alkanes of at least 4 members (excludes halogenated alkanes) is 17. The summed E-state index contributed by atoms with van der Waals surface area (Å²) in [5.74, 6) is -0.844. The van der Waals surface area contributed by atoms with E-state index in [9.17, 15) is 19.0 Å². The predicted molar refractivity (Wildman–Crippen MR) is 174 cm³/mol. The molecule has 0 aromatic heterocycles. The van der Waals surface area contributed by atoms with Gasteiger partial charge in [0.15, 0.2) is 6.10 Å². The van der Waals surface area contributed by atoms with Gasteiger partial charge in [0.1, 0.15) is 6.61 Å². The highest BCUT2D eigenvalue weighted by Gasteiger charge is 2.25. The van der Waals surface area contributed by atoms with Gasteiger partial charge < -0.3 is 20.1 Å². The standard InChI is InChI=1S/C33H64NO8P/c1-3-5-7-9-11-12-13-14-15-16-17-18-20-22-24-26-33(36)42-31(30-41-43(37,38)40-28-27-34)29-39-32(35)25-23-21-19-10-8-6-4-2/h14-15,31H,3-13,16-30,34H2,1-2H3,(H,37,38)/b15-14-/t31-/m0/s1. The molecule has 0 spiro atoms. The number of esters is 2. The number of carbonyl (C=O) groups is 2. The van der Waals surface area contributed by atoms with Crippen molar-refractivity contribution >= 4 is 19.8 Å². The minimum absolute atomic E-state index is 0.0541. The van der Waals surface area contributed by atoms with E-state index >= 15 is 0 Å². The van der Waals surface area contributed by atoms with Gasteiger partial charge in [0.2, 0.25) is 0 Å². The van der Waals surface area contributed by atoms with E-state index in [4.69, 9.17) is 24.3 Å².